The number of carbonyl (C=O) groups excluding carboxylic acids is 5. The molecule has 0 bridgehead atoms. The highest BCUT2D eigenvalue weighted by Gasteiger charge is 2.70. The molecule has 0 N–H and O–H groups in total. The van der Waals surface area contributed by atoms with Crippen molar-refractivity contribution in [1.29, 1.82) is 0 Å². The van der Waals surface area contributed by atoms with Crippen molar-refractivity contribution < 1.29 is 42.9 Å². The van der Waals surface area contributed by atoms with Gasteiger partial charge in [-0.1, -0.05) is 145 Å². The molecule has 75 heavy (non-hydrogen) atoms. The molecule has 400 valence electrons. The van der Waals surface area contributed by atoms with Crippen LogP contribution in [0.3, 0.4) is 0 Å². The highest BCUT2D eigenvalue weighted by Crippen LogP contribution is 2.74. The molecule has 0 unspecified atom stereocenters. The number of ketones is 1. The maximum atomic E-state index is 14.5. The van der Waals surface area contributed by atoms with Crippen molar-refractivity contribution in [2.24, 2.45) is 39.4 Å². The van der Waals surface area contributed by atoms with Gasteiger partial charge in [-0.05, 0) is 153 Å². The maximum Gasteiger partial charge on any atom is 0.340 e. The van der Waals surface area contributed by atoms with Gasteiger partial charge in [-0.2, -0.15) is 0 Å². The summed E-state index contributed by atoms with van der Waals surface area (Å²) in [6, 6.07) is 17.6. The van der Waals surface area contributed by atoms with Crippen LogP contribution in [0.2, 0.25) is 40.2 Å². The molecule has 4 aliphatic carbocycles. The zero-order valence-electron chi connectivity index (χ0n) is 42.7. The minimum Gasteiger partial charge on any atom is -0.458 e. The number of esters is 4. The van der Waals surface area contributed by atoms with Crippen LogP contribution in [0.25, 0.3) is 0 Å². The van der Waals surface area contributed by atoms with E-state index in [9.17, 15) is 24.0 Å². The second-order valence-corrected chi connectivity index (χ2v) is 25.9. The third-order valence-corrected chi connectivity index (χ3v) is 19.7. The van der Waals surface area contributed by atoms with Crippen molar-refractivity contribution in [3.63, 3.8) is 0 Å². The third-order valence-electron chi connectivity index (χ3n) is 17.5. The Balaban J connectivity index is 1.24. The molecule has 8 rings (SSSR count). The van der Waals surface area contributed by atoms with E-state index >= 15 is 0 Å². The zero-order valence-corrected chi connectivity index (χ0v) is 48.8. The van der Waals surface area contributed by atoms with Gasteiger partial charge < -0.3 is 18.9 Å². The predicted molar refractivity (Wildman–Crippen MR) is 296 cm³/mol. The van der Waals surface area contributed by atoms with E-state index in [-0.39, 0.29) is 86.9 Å². The number of benzene rings is 4. The van der Waals surface area contributed by atoms with E-state index in [0.717, 1.165) is 30.4 Å². The molecule has 0 amide bonds. The highest BCUT2D eigenvalue weighted by molar-refractivity contribution is 6.38. The first-order valence-corrected chi connectivity index (χ1v) is 28.0. The fourth-order valence-corrected chi connectivity index (χ4v) is 15.6. The lowest BCUT2D eigenvalue weighted by molar-refractivity contribution is -0.208. The number of hydrogen-bond donors (Lipinski definition) is 0. The molecule has 4 aromatic rings. The van der Waals surface area contributed by atoms with Gasteiger partial charge in [-0.3, -0.25) is 4.79 Å². The molecule has 0 saturated heterocycles. The number of carbonyl (C=O) groups is 5. The quantitative estimate of drug-likeness (QED) is 0.0731. The Bertz CT molecular complexity index is 3020. The Labute approximate surface area is 478 Å². The molecule has 0 radical (unpaired) electrons. The smallest absolute Gasteiger partial charge is 0.340 e. The van der Waals surface area contributed by atoms with Crippen LogP contribution in [-0.2, 0) is 23.7 Å². The predicted octanol–water partition coefficient (Wildman–Crippen LogP) is 17.5. The van der Waals surface area contributed by atoms with E-state index in [1.807, 2.05) is 6.92 Å². The number of rotatable bonds is 13. The highest BCUT2D eigenvalue weighted by atomic mass is 35.5. The van der Waals surface area contributed by atoms with Gasteiger partial charge in [-0.25, -0.2) is 19.2 Å². The minimum atomic E-state index is -1.76. The molecule has 3 saturated carbocycles. The fraction of sp³-hybridized carbons (Fsp3) is 0.466. The molecule has 0 aromatic heterocycles. The van der Waals surface area contributed by atoms with Crippen LogP contribution in [0.15, 0.2) is 83.9 Å². The van der Waals surface area contributed by atoms with E-state index < -0.39 is 70.0 Å². The van der Waals surface area contributed by atoms with Crippen LogP contribution in [0, 0.1) is 39.4 Å². The van der Waals surface area contributed by atoms with Crippen LogP contribution in [-0.4, -0.2) is 53.6 Å². The van der Waals surface area contributed by atoms with Crippen LogP contribution in [0.1, 0.15) is 148 Å². The summed E-state index contributed by atoms with van der Waals surface area (Å²) in [6.45, 7) is 16.2. The lowest BCUT2D eigenvalue weighted by Gasteiger charge is -2.69. The van der Waals surface area contributed by atoms with E-state index in [0.29, 0.717) is 30.7 Å². The number of allylic oxidation sites excluding steroid dienone is 1. The first-order valence-electron chi connectivity index (χ1n) is 24.9. The van der Waals surface area contributed by atoms with Gasteiger partial charge in [0.15, 0.2) is 6.10 Å². The normalized spacial score (nSPS) is 26.2. The summed E-state index contributed by atoms with van der Waals surface area (Å²) >= 11 is 51.3. The van der Waals surface area contributed by atoms with Crippen molar-refractivity contribution in [2.75, 3.05) is 0 Å². The summed E-state index contributed by atoms with van der Waals surface area (Å²) in [4.78, 5) is 71.2. The molecule has 9 atom stereocenters. The van der Waals surface area contributed by atoms with E-state index in [1.165, 1.54) is 74.5 Å². The Hall–Kier alpha value is -3.51. The lowest BCUT2D eigenvalue weighted by atomic mass is 9.36. The average Bonchev–Trinajstić information content (AvgIpc) is 3.66. The topological polar surface area (TPSA) is 122 Å². The molecule has 9 nitrogen and oxygen atoms in total. The third kappa shape index (κ3) is 10.9. The molecule has 3 fully saturated rings. The number of halogens is 8. The SMILES string of the molecule is C[C@H](C[C@H](OC(=O)c1ccc(Cl)cc1Cl)[C@@H](OC(=O)c1ccc(Cl)cc1Cl)C(C)(C)OC(=O)c1ccc(Cl)cc1Cl)C1=C2C[C@H](OC(=O)c3ccc(Cl)cc3Cl)[C@H]3[C@@]4(C)CCC(=O)C(C)(C)[C@@H]4CC[C@]3(C)[C@@]2(C)CC1. The summed E-state index contributed by atoms with van der Waals surface area (Å²) in [5.74, 6) is -3.50. The number of Topliss-reactive ketones (excluding diaryl/α,β-unsaturated/α-hetero) is 1. The van der Waals surface area contributed by atoms with Crippen molar-refractivity contribution in [3.05, 3.63) is 146 Å². The standard InChI is InChI=1S/C58H58Cl8O9/c1-29(34-17-21-57(7)39(34)28-44(72-50(68)35-13-9-30(59)24-40(35)63)48-56(6)20-19-47(67)54(2,3)46(56)18-22-58(48,57)8)23-45(73-51(69)36-14-10-31(60)25-41(36)64)49(74-52(70)37-15-11-32(61)26-42(37)65)55(4,5)75-53(71)38-16-12-33(62)27-43(38)66/h9-16,24-27,29,44-46,48-49H,17-23,28H2,1-8H3/t29-,44+,45+,46+,48+,49-,56+,57+,58+/m1/s1. The van der Waals surface area contributed by atoms with Gasteiger partial charge in [-0.15, -0.1) is 0 Å². The molecular formula is C58H58Cl8O9. The summed E-state index contributed by atoms with van der Waals surface area (Å²) < 4.78 is 25.9. The van der Waals surface area contributed by atoms with Crippen molar-refractivity contribution in [2.45, 2.75) is 131 Å². The van der Waals surface area contributed by atoms with Crippen LogP contribution >= 0.6 is 92.8 Å². The largest absolute Gasteiger partial charge is 0.458 e. The van der Waals surface area contributed by atoms with Crippen LogP contribution in [0.4, 0.5) is 0 Å². The van der Waals surface area contributed by atoms with Crippen molar-refractivity contribution >= 4 is 122 Å². The summed E-state index contributed by atoms with van der Waals surface area (Å²) in [5.41, 5.74) is -1.27. The van der Waals surface area contributed by atoms with Crippen LogP contribution < -0.4 is 0 Å². The fourth-order valence-electron chi connectivity index (χ4n) is 13.7. The van der Waals surface area contributed by atoms with Gasteiger partial charge in [0, 0.05) is 44.3 Å². The molecule has 0 heterocycles. The molecular weight excluding hydrogens is 1120 g/mol. The summed E-state index contributed by atoms with van der Waals surface area (Å²) in [6.07, 6.45) is 0.986. The average molecular weight is 1180 g/mol. The summed E-state index contributed by atoms with van der Waals surface area (Å²) in [5, 5.41) is 1.41. The molecule has 4 aliphatic rings. The lowest BCUT2D eigenvalue weighted by Crippen LogP contribution is -2.66. The van der Waals surface area contributed by atoms with Crippen LogP contribution in [0.5, 0.6) is 0 Å². The maximum absolute atomic E-state index is 14.5. The van der Waals surface area contributed by atoms with Gasteiger partial charge >= 0.3 is 23.9 Å². The van der Waals surface area contributed by atoms with E-state index in [2.05, 4.69) is 34.6 Å². The molecule has 17 heteroatoms. The number of ether oxygens (including phenoxy) is 4. The Kier molecular flexibility index (Phi) is 16.6. The van der Waals surface area contributed by atoms with Gasteiger partial charge in [0.2, 0.25) is 0 Å². The van der Waals surface area contributed by atoms with Crippen molar-refractivity contribution in [1.82, 2.24) is 0 Å². The molecule has 0 aliphatic heterocycles. The van der Waals surface area contributed by atoms with Gasteiger partial charge in [0.25, 0.3) is 0 Å². The number of fused-ring (bicyclic) bond motifs is 5. The zero-order chi connectivity index (χ0) is 54.9. The number of hydrogen-bond acceptors (Lipinski definition) is 9. The molecule has 0 spiro atoms. The van der Waals surface area contributed by atoms with Crippen molar-refractivity contribution in [3.8, 4) is 0 Å². The Morgan fingerprint density at radius 1 is 0.627 bits per heavy atom. The Morgan fingerprint density at radius 3 is 1.59 bits per heavy atom. The second kappa shape index (κ2) is 21.6. The second-order valence-electron chi connectivity index (χ2n) is 22.5. The van der Waals surface area contributed by atoms with Gasteiger partial charge in [0.05, 0.1) is 42.3 Å². The first kappa shape index (κ1) is 57.7. The Morgan fingerprint density at radius 2 is 1.09 bits per heavy atom. The van der Waals surface area contributed by atoms with E-state index in [4.69, 9.17) is 112 Å². The van der Waals surface area contributed by atoms with E-state index in [1.54, 1.807) is 12.1 Å². The minimum absolute atomic E-state index is 0.00924. The first-order chi connectivity index (χ1) is 35.0. The van der Waals surface area contributed by atoms with Gasteiger partial charge in [0.1, 0.15) is 23.6 Å². The molecule has 4 aromatic carbocycles. The monoisotopic (exact) mass is 1180 g/mol. The summed E-state index contributed by atoms with van der Waals surface area (Å²) in [7, 11) is 0.